The van der Waals surface area contributed by atoms with Crippen LogP contribution >= 0.6 is 0 Å². The van der Waals surface area contributed by atoms with E-state index in [1.807, 2.05) is 13.0 Å². The van der Waals surface area contributed by atoms with Crippen LogP contribution in [0.25, 0.3) is 0 Å². The van der Waals surface area contributed by atoms with Crippen molar-refractivity contribution in [1.29, 1.82) is 0 Å². The minimum Gasteiger partial charge on any atom is -0.489 e. The lowest BCUT2D eigenvalue weighted by Crippen LogP contribution is -2.48. The van der Waals surface area contributed by atoms with Crippen molar-refractivity contribution >= 4 is 23.6 Å². The number of fused-ring (bicyclic) bond motifs is 1. The number of anilines is 1. The molecule has 8 nitrogen and oxygen atoms in total. The van der Waals surface area contributed by atoms with Gasteiger partial charge in [0.1, 0.15) is 29.8 Å². The molecule has 1 aromatic rings. The zero-order valence-corrected chi connectivity index (χ0v) is 17.4. The first-order valence-corrected chi connectivity index (χ1v) is 9.65. The van der Waals surface area contributed by atoms with Gasteiger partial charge in [0.25, 0.3) is 5.91 Å². The van der Waals surface area contributed by atoms with E-state index in [0.29, 0.717) is 23.9 Å². The van der Waals surface area contributed by atoms with E-state index in [1.165, 1.54) is 0 Å². The number of rotatable bonds is 3. The summed E-state index contributed by atoms with van der Waals surface area (Å²) in [7, 11) is 0. The number of aliphatic imine (C=N–C) groups is 1. The van der Waals surface area contributed by atoms with Gasteiger partial charge in [-0.1, -0.05) is 6.92 Å². The normalized spacial score (nSPS) is 19.1. The van der Waals surface area contributed by atoms with Gasteiger partial charge in [0.05, 0.1) is 12.2 Å². The Hall–Kier alpha value is -3.03. The summed E-state index contributed by atoms with van der Waals surface area (Å²) < 4.78 is 16.8. The summed E-state index contributed by atoms with van der Waals surface area (Å²) in [5.74, 6) is 1.48. The van der Waals surface area contributed by atoms with Crippen molar-refractivity contribution in [2.24, 2.45) is 4.99 Å². The van der Waals surface area contributed by atoms with Crippen LogP contribution in [0.1, 0.15) is 46.6 Å². The monoisotopic (exact) mass is 401 g/mol. The van der Waals surface area contributed by atoms with E-state index in [4.69, 9.17) is 14.2 Å². The minimum atomic E-state index is -0.874. The highest BCUT2D eigenvalue weighted by Gasteiger charge is 2.29. The maximum atomic E-state index is 12.6. The number of alkyl carbamates (subject to hydrolysis) is 1. The van der Waals surface area contributed by atoms with E-state index in [0.717, 1.165) is 23.3 Å². The number of carbonyl (C=O) groups excluding carboxylic acids is 2. The second kappa shape index (κ2) is 8.14. The number of carbonyl (C=O) groups is 2. The van der Waals surface area contributed by atoms with Crippen LogP contribution in [0.3, 0.4) is 0 Å². The Labute approximate surface area is 170 Å². The van der Waals surface area contributed by atoms with Crippen LogP contribution in [0.5, 0.6) is 5.75 Å². The molecule has 0 saturated heterocycles. The standard InChI is InChI=1S/C21H27N3O5/c1-6-13-10-22-19(28-12(13)2)14-7-8-17-15(9-14)23-18(25)16(11-27-17)24-20(26)29-21(3,4)5/h7-9,16H,6,10-11H2,1-5H3,(H,23,25)(H,24,26). The molecule has 2 amide bonds. The molecule has 0 aromatic heterocycles. The van der Waals surface area contributed by atoms with E-state index in [1.54, 1.807) is 32.9 Å². The Morgan fingerprint density at radius 3 is 2.79 bits per heavy atom. The fraction of sp³-hybridized carbons (Fsp3) is 0.476. The molecule has 1 atom stereocenters. The first-order chi connectivity index (χ1) is 13.7. The van der Waals surface area contributed by atoms with E-state index in [2.05, 4.69) is 22.5 Å². The van der Waals surface area contributed by atoms with Crippen molar-refractivity contribution in [2.45, 2.75) is 52.7 Å². The smallest absolute Gasteiger partial charge is 0.408 e. The lowest BCUT2D eigenvalue weighted by molar-refractivity contribution is -0.118. The molecule has 0 fully saturated rings. The molecule has 2 heterocycles. The van der Waals surface area contributed by atoms with E-state index >= 15 is 0 Å². The number of hydrogen-bond donors (Lipinski definition) is 2. The predicted octanol–water partition coefficient (Wildman–Crippen LogP) is 3.37. The van der Waals surface area contributed by atoms with E-state index < -0.39 is 17.7 Å². The van der Waals surface area contributed by atoms with Gasteiger partial charge in [-0.25, -0.2) is 9.79 Å². The highest BCUT2D eigenvalue weighted by molar-refractivity contribution is 6.01. The lowest BCUT2D eigenvalue weighted by Gasteiger charge is -2.22. The summed E-state index contributed by atoms with van der Waals surface area (Å²) in [6.07, 6.45) is 0.217. The van der Waals surface area contributed by atoms with Gasteiger partial charge in [0.15, 0.2) is 0 Å². The molecule has 0 radical (unpaired) electrons. The first kappa shape index (κ1) is 20.7. The summed E-state index contributed by atoms with van der Waals surface area (Å²) in [4.78, 5) is 29.1. The number of amides is 2. The third-order valence-corrected chi connectivity index (χ3v) is 4.49. The third kappa shape index (κ3) is 5.07. The molecule has 2 aliphatic heterocycles. The number of nitrogens with one attached hydrogen (secondary N) is 2. The Kier molecular flexibility index (Phi) is 5.81. The number of hydrogen-bond acceptors (Lipinski definition) is 6. The van der Waals surface area contributed by atoms with Gasteiger partial charge in [0.2, 0.25) is 5.90 Å². The van der Waals surface area contributed by atoms with Crippen molar-refractivity contribution in [1.82, 2.24) is 5.32 Å². The fourth-order valence-corrected chi connectivity index (χ4v) is 2.95. The van der Waals surface area contributed by atoms with Crippen molar-refractivity contribution in [3.8, 4) is 5.75 Å². The number of allylic oxidation sites excluding steroid dienone is 1. The van der Waals surface area contributed by atoms with Gasteiger partial charge in [-0.2, -0.15) is 0 Å². The van der Waals surface area contributed by atoms with Crippen LogP contribution in [-0.2, 0) is 14.3 Å². The molecule has 0 spiro atoms. The number of benzene rings is 1. The summed E-state index contributed by atoms with van der Waals surface area (Å²) in [6.45, 7) is 9.85. The topological polar surface area (TPSA) is 98.3 Å². The largest absolute Gasteiger partial charge is 0.489 e. The molecule has 0 saturated carbocycles. The van der Waals surface area contributed by atoms with Crippen molar-refractivity contribution in [2.75, 3.05) is 18.5 Å². The van der Waals surface area contributed by atoms with Crippen molar-refractivity contribution in [3.63, 3.8) is 0 Å². The summed E-state index contributed by atoms with van der Waals surface area (Å²) in [5, 5.41) is 5.34. The van der Waals surface area contributed by atoms with Crippen LogP contribution < -0.4 is 15.4 Å². The number of ether oxygens (including phenoxy) is 3. The SMILES string of the molecule is CCC1=C(C)OC(c2ccc3c(c2)NC(=O)C(NC(=O)OC(C)(C)C)CO3)=NC1. The molecule has 3 rings (SSSR count). The Balaban J connectivity index is 1.72. The molecular weight excluding hydrogens is 374 g/mol. The molecule has 156 valence electrons. The Morgan fingerprint density at radius 1 is 1.38 bits per heavy atom. The summed E-state index contributed by atoms with van der Waals surface area (Å²) >= 11 is 0. The minimum absolute atomic E-state index is 0.00340. The first-order valence-electron chi connectivity index (χ1n) is 9.65. The highest BCUT2D eigenvalue weighted by atomic mass is 16.6. The van der Waals surface area contributed by atoms with Crippen molar-refractivity contribution < 1.29 is 23.8 Å². The van der Waals surface area contributed by atoms with Gasteiger partial charge >= 0.3 is 6.09 Å². The maximum absolute atomic E-state index is 12.6. The van der Waals surface area contributed by atoms with Crippen LogP contribution in [0.15, 0.2) is 34.5 Å². The number of nitrogens with zero attached hydrogens (tertiary/aromatic N) is 1. The summed E-state index contributed by atoms with van der Waals surface area (Å²) in [6, 6.07) is 4.46. The maximum Gasteiger partial charge on any atom is 0.408 e. The molecule has 1 unspecified atom stereocenters. The average molecular weight is 401 g/mol. The van der Waals surface area contributed by atoms with Gasteiger partial charge in [0, 0.05) is 5.56 Å². The zero-order chi connectivity index (χ0) is 21.2. The Bertz CT molecular complexity index is 883. The molecular formula is C21H27N3O5. The predicted molar refractivity (Wildman–Crippen MR) is 109 cm³/mol. The molecule has 8 heteroatoms. The molecule has 2 N–H and O–H groups in total. The second-order valence-corrected chi connectivity index (χ2v) is 7.95. The van der Waals surface area contributed by atoms with Crippen molar-refractivity contribution in [3.05, 3.63) is 35.1 Å². The fourth-order valence-electron chi connectivity index (χ4n) is 2.95. The Morgan fingerprint density at radius 2 is 2.14 bits per heavy atom. The van der Waals surface area contributed by atoms with Crippen LogP contribution in [0, 0.1) is 0 Å². The van der Waals surface area contributed by atoms with Crippen LogP contribution in [-0.4, -0.2) is 42.7 Å². The van der Waals surface area contributed by atoms with Gasteiger partial charge in [-0.05, 0) is 57.9 Å². The van der Waals surface area contributed by atoms with Gasteiger partial charge < -0.3 is 24.8 Å². The van der Waals surface area contributed by atoms with Crippen LogP contribution in [0.4, 0.5) is 10.5 Å². The highest BCUT2D eigenvalue weighted by Crippen LogP contribution is 2.30. The van der Waals surface area contributed by atoms with Gasteiger partial charge in [-0.3, -0.25) is 4.79 Å². The molecule has 2 aliphatic rings. The van der Waals surface area contributed by atoms with Gasteiger partial charge in [-0.15, -0.1) is 0 Å². The van der Waals surface area contributed by atoms with Crippen LogP contribution in [0.2, 0.25) is 0 Å². The molecule has 0 bridgehead atoms. The third-order valence-electron chi connectivity index (χ3n) is 4.49. The summed E-state index contributed by atoms with van der Waals surface area (Å²) in [5.41, 5.74) is 1.74. The second-order valence-electron chi connectivity index (χ2n) is 7.95. The molecule has 0 aliphatic carbocycles. The average Bonchev–Trinajstić information content (AvgIpc) is 2.78. The lowest BCUT2D eigenvalue weighted by atomic mass is 10.1. The van der Waals surface area contributed by atoms with E-state index in [9.17, 15) is 9.59 Å². The van der Waals surface area contributed by atoms with E-state index in [-0.39, 0.29) is 12.5 Å². The molecule has 29 heavy (non-hydrogen) atoms. The molecule has 1 aromatic carbocycles. The zero-order valence-electron chi connectivity index (χ0n) is 17.4. The quantitative estimate of drug-likeness (QED) is 0.809.